The molecule has 0 unspecified atom stereocenters. The third kappa shape index (κ3) is 2.36. The molecule has 114 valence electrons. The lowest BCUT2D eigenvalue weighted by molar-refractivity contribution is -0.0629. The molecule has 3 nitrogen and oxygen atoms in total. The van der Waals surface area contributed by atoms with Crippen LogP contribution in [0.5, 0.6) is 0 Å². The van der Waals surface area contributed by atoms with Crippen LogP contribution < -0.4 is 0 Å². The maximum atomic E-state index is 12.6. The number of hydrogen-bond donors (Lipinski definition) is 0. The second-order valence-electron chi connectivity index (χ2n) is 7.69. The van der Waals surface area contributed by atoms with E-state index in [1.165, 1.54) is 38.5 Å². The summed E-state index contributed by atoms with van der Waals surface area (Å²) in [5, 5.41) is 0. The number of carbonyl (C=O) groups is 1. The van der Waals surface area contributed by atoms with Gasteiger partial charge in [-0.3, -0.25) is 4.79 Å². The quantitative estimate of drug-likeness (QED) is 0.811. The lowest BCUT2D eigenvalue weighted by atomic mass is 9.49. The van der Waals surface area contributed by atoms with Gasteiger partial charge in [-0.05, 0) is 83.7 Å². The Balaban J connectivity index is 1.51. The third-order valence-electron chi connectivity index (χ3n) is 5.93. The van der Waals surface area contributed by atoms with E-state index < -0.39 is 0 Å². The Bertz CT molecular complexity index is 530. The van der Waals surface area contributed by atoms with Crippen molar-refractivity contribution in [3.63, 3.8) is 0 Å². The summed E-state index contributed by atoms with van der Waals surface area (Å²) < 4.78 is 5.74. The fraction of sp³-hybridized carbons (Fsp3) is 0.706. The summed E-state index contributed by atoms with van der Waals surface area (Å²) in [7, 11) is 1.94. The maximum Gasteiger partial charge on any atom is 0.258 e. The van der Waals surface area contributed by atoms with E-state index in [9.17, 15) is 4.79 Å². The first-order valence-electron chi connectivity index (χ1n) is 8.03. The van der Waals surface area contributed by atoms with Crippen LogP contribution in [-0.4, -0.2) is 24.4 Å². The maximum absolute atomic E-state index is 12.6. The first kappa shape index (κ1) is 13.9. The Hall–Kier alpha value is -0.770. The largest absolute Gasteiger partial charge is 0.457 e. The minimum absolute atomic E-state index is 0.0753. The molecule has 21 heavy (non-hydrogen) atoms. The summed E-state index contributed by atoms with van der Waals surface area (Å²) >= 11 is 3.31. The number of rotatable bonds is 3. The smallest absolute Gasteiger partial charge is 0.258 e. The summed E-state index contributed by atoms with van der Waals surface area (Å²) in [6, 6.07) is 1.75. The van der Waals surface area contributed by atoms with Crippen molar-refractivity contribution in [2.45, 2.75) is 38.5 Å². The molecule has 1 aromatic rings. The summed E-state index contributed by atoms with van der Waals surface area (Å²) in [5.74, 6) is 2.87. The van der Waals surface area contributed by atoms with Crippen LogP contribution in [0.15, 0.2) is 21.4 Å². The zero-order valence-corrected chi connectivity index (χ0v) is 14.1. The summed E-state index contributed by atoms with van der Waals surface area (Å²) in [6.45, 7) is 0.910. The highest BCUT2D eigenvalue weighted by atomic mass is 79.9. The zero-order chi connectivity index (χ0) is 14.6. The van der Waals surface area contributed by atoms with Gasteiger partial charge in [-0.1, -0.05) is 0 Å². The van der Waals surface area contributed by atoms with Crippen molar-refractivity contribution in [3.8, 4) is 0 Å². The van der Waals surface area contributed by atoms with Gasteiger partial charge in [0.2, 0.25) is 0 Å². The fourth-order valence-corrected chi connectivity index (χ4v) is 6.12. The molecule has 1 heterocycles. The topological polar surface area (TPSA) is 33.5 Å². The molecule has 0 N–H and O–H groups in total. The fourth-order valence-electron chi connectivity index (χ4n) is 5.71. The van der Waals surface area contributed by atoms with Gasteiger partial charge in [-0.15, -0.1) is 0 Å². The van der Waals surface area contributed by atoms with Crippen LogP contribution in [0, 0.1) is 23.2 Å². The monoisotopic (exact) mass is 351 g/mol. The van der Waals surface area contributed by atoms with Gasteiger partial charge in [-0.2, -0.15) is 0 Å². The van der Waals surface area contributed by atoms with E-state index in [0.717, 1.165) is 24.3 Å². The third-order valence-corrected chi connectivity index (χ3v) is 6.55. The standard InChI is InChI=1S/C17H22BrNO2/c1-19(16(20)14-2-3-21-15(14)18)10-17-7-11-4-12(8-17)6-13(5-11)9-17/h2-3,11-13H,4-10H2,1H3. The van der Waals surface area contributed by atoms with Crippen molar-refractivity contribution < 1.29 is 9.21 Å². The highest BCUT2D eigenvalue weighted by Crippen LogP contribution is 2.60. The second-order valence-corrected chi connectivity index (χ2v) is 8.41. The Morgan fingerprint density at radius 2 is 1.86 bits per heavy atom. The molecule has 1 aromatic heterocycles. The summed E-state index contributed by atoms with van der Waals surface area (Å²) in [6.07, 6.45) is 9.92. The Kier molecular flexibility index (Phi) is 3.21. The molecule has 1 amide bonds. The SMILES string of the molecule is CN(CC12CC3CC(CC(C3)C1)C2)C(=O)c1ccoc1Br. The number of amides is 1. The molecule has 4 fully saturated rings. The lowest BCUT2D eigenvalue weighted by Crippen LogP contribution is -2.51. The minimum Gasteiger partial charge on any atom is -0.457 e. The van der Waals surface area contributed by atoms with Gasteiger partial charge in [-0.25, -0.2) is 0 Å². The molecule has 5 rings (SSSR count). The van der Waals surface area contributed by atoms with E-state index >= 15 is 0 Å². The van der Waals surface area contributed by atoms with Crippen LogP contribution in [0.1, 0.15) is 48.9 Å². The van der Waals surface area contributed by atoms with Gasteiger partial charge in [0, 0.05) is 13.6 Å². The van der Waals surface area contributed by atoms with E-state index in [2.05, 4.69) is 15.9 Å². The average Bonchev–Trinajstić information content (AvgIpc) is 2.81. The van der Waals surface area contributed by atoms with Crippen molar-refractivity contribution in [1.82, 2.24) is 4.90 Å². The number of halogens is 1. The predicted octanol–water partition coefficient (Wildman–Crippen LogP) is 4.33. The van der Waals surface area contributed by atoms with E-state index in [1.807, 2.05) is 11.9 Å². The Morgan fingerprint density at radius 1 is 1.29 bits per heavy atom. The molecule has 0 radical (unpaired) electrons. The average molecular weight is 352 g/mol. The van der Waals surface area contributed by atoms with E-state index in [0.29, 0.717) is 15.6 Å². The Labute approximate surface area is 134 Å². The van der Waals surface area contributed by atoms with Crippen LogP contribution in [0.3, 0.4) is 0 Å². The van der Waals surface area contributed by atoms with Crippen LogP contribution in [-0.2, 0) is 0 Å². The zero-order valence-electron chi connectivity index (χ0n) is 12.5. The second kappa shape index (κ2) is 4.87. The molecule has 4 heteroatoms. The molecule has 0 spiro atoms. The number of nitrogens with zero attached hydrogens (tertiary/aromatic N) is 1. The van der Waals surface area contributed by atoms with E-state index in [4.69, 9.17) is 4.42 Å². The molecule has 0 aliphatic heterocycles. The van der Waals surface area contributed by atoms with Gasteiger partial charge in [0.1, 0.15) is 0 Å². The molecule has 4 aliphatic carbocycles. The predicted molar refractivity (Wildman–Crippen MR) is 84.0 cm³/mol. The summed E-state index contributed by atoms with van der Waals surface area (Å²) in [4.78, 5) is 14.5. The molecule has 0 atom stereocenters. The van der Waals surface area contributed by atoms with Crippen LogP contribution in [0.2, 0.25) is 0 Å². The first-order valence-corrected chi connectivity index (χ1v) is 8.82. The number of furan rings is 1. The highest BCUT2D eigenvalue weighted by molar-refractivity contribution is 9.10. The van der Waals surface area contributed by atoms with Crippen LogP contribution in [0.4, 0.5) is 0 Å². The van der Waals surface area contributed by atoms with Gasteiger partial charge >= 0.3 is 0 Å². The minimum atomic E-state index is 0.0753. The number of carbonyl (C=O) groups excluding carboxylic acids is 1. The van der Waals surface area contributed by atoms with Crippen molar-refractivity contribution in [1.29, 1.82) is 0 Å². The molecular formula is C17H22BrNO2. The highest BCUT2D eigenvalue weighted by Gasteiger charge is 2.51. The molecular weight excluding hydrogens is 330 g/mol. The molecule has 4 saturated carbocycles. The molecule has 0 saturated heterocycles. The van der Waals surface area contributed by atoms with Crippen LogP contribution >= 0.6 is 15.9 Å². The normalized spacial score (nSPS) is 37.0. The van der Waals surface area contributed by atoms with Crippen LogP contribution in [0.25, 0.3) is 0 Å². The van der Waals surface area contributed by atoms with Crippen molar-refractivity contribution in [3.05, 3.63) is 22.6 Å². The van der Waals surface area contributed by atoms with E-state index in [1.54, 1.807) is 12.3 Å². The first-order chi connectivity index (χ1) is 10.0. The Morgan fingerprint density at radius 3 is 2.33 bits per heavy atom. The van der Waals surface area contributed by atoms with Gasteiger partial charge in [0.15, 0.2) is 4.67 Å². The van der Waals surface area contributed by atoms with Crippen molar-refractivity contribution in [2.24, 2.45) is 23.2 Å². The van der Waals surface area contributed by atoms with Crippen molar-refractivity contribution >= 4 is 21.8 Å². The molecule has 4 bridgehead atoms. The van der Waals surface area contributed by atoms with Crippen molar-refractivity contribution in [2.75, 3.05) is 13.6 Å². The van der Waals surface area contributed by atoms with Gasteiger partial charge in [0.05, 0.1) is 11.8 Å². The molecule has 4 aliphatic rings. The number of hydrogen-bond acceptors (Lipinski definition) is 2. The summed E-state index contributed by atoms with van der Waals surface area (Å²) in [5.41, 5.74) is 1.04. The van der Waals surface area contributed by atoms with Gasteiger partial charge in [0.25, 0.3) is 5.91 Å². The van der Waals surface area contributed by atoms with E-state index in [-0.39, 0.29) is 5.91 Å². The lowest BCUT2D eigenvalue weighted by Gasteiger charge is -2.57. The molecule has 0 aromatic carbocycles. The van der Waals surface area contributed by atoms with Gasteiger partial charge < -0.3 is 9.32 Å².